The molecule has 1 aromatic carbocycles. The molecule has 104 valence electrons. The first-order valence-electron chi connectivity index (χ1n) is 6.66. The Morgan fingerprint density at radius 3 is 2.79 bits per heavy atom. The van der Waals surface area contributed by atoms with Crippen molar-refractivity contribution < 1.29 is 9.53 Å². The summed E-state index contributed by atoms with van der Waals surface area (Å²) in [6.45, 7) is 3.66. The number of primary amides is 1. The van der Waals surface area contributed by atoms with Gasteiger partial charge in [0, 0.05) is 6.04 Å². The van der Waals surface area contributed by atoms with Crippen LogP contribution in [0.2, 0.25) is 0 Å². The highest BCUT2D eigenvalue weighted by molar-refractivity contribution is 5.83. The van der Waals surface area contributed by atoms with Crippen LogP contribution >= 0.6 is 0 Å². The van der Waals surface area contributed by atoms with Crippen molar-refractivity contribution >= 4 is 5.91 Å². The summed E-state index contributed by atoms with van der Waals surface area (Å²) in [4.78, 5) is 11.4. The fourth-order valence-electron chi connectivity index (χ4n) is 2.57. The smallest absolute Gasteiger partial charge is 0.237 e. The molecule has 0 aliphatic heterocycles. The number of ether oxygens (including phenoxy) is 1. The molecule has 2 rings (SSSR count). The zero-order valence-electron chi connectivity index (χ0n) is 11.8. The molecule has 0 saturated heterocycles. The predicted octanol–water partition coefficient (Wildman–Crippen LogP) is 1.41. The van der Waals surface area contributed by atoms with Crippen LogP contribution in [0.5, 0.6) is 5.75 Å². The number of nitrogens with two attached hydrogens (primary N) is 1. The second kappa shape index (κ2) is 5.21. The van der Waals surface area contributed by atoms with E-state index >= 15 is 0 Å². The minimum absolute atomic E-state index is 0.280. The van der Waals surface area contributed by atoms with Gasteiger partial charge in [0.1, 0.15) is 5.75 Å². The average Bonchev–Trinajstić information content (AvgIpc) is 2.37. The van der Waals surface area contributed by atoms with Gasteiger partial charge in [0.05, 0.1) is 12.6 Å². The second-order valence-corrected chi connectivity index (χ2v) is 5.71. The number of carbonyl (C=O) groups excluding carboxylic acids is 1. The molecule has 4 heteroatoms. The first-order chi connectivity index (χ1) is 8.92. The van der Waals surface area contributed by atoms with Gasteiger partial charge < -0.3 is 15.8 Å². The second-order valence-electron chi connectivity index (χ2n) is 5.71. The van der Waals surface area contributed by atoms with Gasteiger partial charge >= 0.3 is 0 Å². The van der Waals surface area contributed by atoms with Crippen LogP contribution in [0.3, 0.4) is 0 Å². The Labute approximate surface area is 114 Å². The van der Waals surface area contributed by atoms with Gasteiger partial charge in [-0.25, -0.2) is 0 Å². The predicted molar refractivity (Wildman–Crippen MR) is 75.2 cm³/mol. The summed E-state index contributed by atoms with van der Waals surface area (Å²) in [6, 6.07) is 6.49. The van der Waals surface area contributed by atoms with E-state index in [0.717, 1.165) is 25.0 Å². The van der Waals surface area contributed by atoms with Crippen LogP contribution in [0, 0.1) is 0 Å². The summed E-state index contributed by atoms with van der Waals surface area (Å²) in [7, 11) is 1.68. The molecule has 1 aromatic rings. The third-order valence-electron chi connectivity index (χ3n) is 3.82. The van der Waals surface area contributed by atoms with E-state index in [4.69, 9.17) is 10.5 Å². The van der Waals surface area contributed by atoms with Crippen molar-refractivity contribution in [1.29, 1.82) is 0 Å². The lowest BCUT2D eigenvalue weighted by Gasteiger charge is -2.32. The molecule has 0 saturated carbocycles. The van der Waals surface area contributed by atoms with E-state index in [1.54, 1.807) is 7.11 Å². The summed E-state index contributed by atoms with van der Waals surface area (Å²) in [5.74, 6) is 0.567. The molecule has 1 unspecified atom stereocenters. The number of amides is 1. The molecule has 0 spiro atoms. The number of aryl methyl sites for hydroxylation is 1. The van der Waals surface area contributed by atoms with Crippen LogP contribution < -0.4 is 15.8 Å². The summed E-state index contributed by atoms with van der Waals surface area (Å²) in [6.07, 6.45) is 2.95. The maximum absolute atomic E-state index is 11.4. The summed E-state index contributed by atoms with van der Waals surface area (Å²) in [5.41, 5.74) is 7.41. The number of carbonyl (C=O) groups is 1. The molecule has 4 nitrogen and oxygen atoms in total. The van der Waals surface area contributed by atoms with Crippen molar-refractivity contribution in [3.8, 4) is 5.75 Å². The molecule has 1 aliphatic carbocycles. The third kappa shape index (κ3) is 3.07. The highest BCUT2D eigenvalue weighted by Gasteiger charge is 2.29. The minimum Gasteiger partial charge on any atom is -0.497 e. The molecular formula is C15H22N2O2. The van der Waals surface area contributed by atoms with Gasteiger partial charge in [-0.2, -0.15) is 0 Å². The van der Waals surface area contributed by atoms with Gasteiger partial charge in [-0.3, -0.25) is 4.79 Å². The Morgan fingerprint density at radius 2 is 2.16 bits per heavy atom. The molecular weight excluding hydrogens is 240 g/mol. The van der Waals surface area contributed by atoms with E-state index in [0.29, 0.717) is 0 Å². The SMILES string of the molecule is COc1ccc2c(c1)CC(NC(C)(C)C(N)=O)CC2. The zero-order chi connectivity index (χ0) is 14.0. The van der Waals surface area contributed by atoms with Crippen LogP contribution in [-0.2, 0) is 17.6 Å². The van der Waals surface area contributed by atoms with Crippen molar-refractivity contribution in [2.24, 2.45) is 5.73 Å². The quantitative estimate of drug-likeness (QED) is 0.862. The van der Waals surface area contributed by atoms with Crippen molar-refractivity contribution in [1.82, 2.24) is 5.32 Å². The van der Waals surface area contributed by atoms with Crippen molar-refractivity contribution in [3.05, 3.63) is 29.3 Å². The Kier molecular flexibility index (Phi) is 3.80. The monoisotopic (exact) mass is 262 g/mol. The number of fused-ring (bicyclic) bond motifs is 1. The number of hydrogen-bond donors (Lipinski definition) is 2. The maximum atomic E-state index is 11.4. The number of rotatable bonds is 4. The number of nitrogens with one attached hydrogen (secondary N) is 1. The number of benzene rings is 1. The molecule has 0 heterocycles. The highest BCUT2D eigenvalue weighted by Crippen LogP contribution is 2.26. The molecule has 0 radical (unpaired) electrons. The zero-order valence-corrected chi connectivity index (χ0v) is 11.8. The fraction of sp³-hybridized carbons (Fsp3) is 0.533. The highest BCUT2D eigenvalue weighted by atomic mass is 16.5. The first-order valence-corrected chi connectivity index (χ1v) is 6.66. The van der Waals surface area contributed by atoms with Gasteiger partial charge in [0.2, 0.25) is 5.91 Å². The van der Waals surface area contributed by atoms with Crippen molar-refractivity contribution in [2.45, 2.75) is 44.7 Å². The van der Waals surface area contributed by atoms with E-state index in [1.165, 1.54) is 11.1 Å². The van der Waals surface area contributed by atoms with Crippen molar-refractivity contribution in [2.75, 3.05) is 7.11 Å². The van der Waals surface area contributed by atoms with E-state index in [-0.39, 0.29) is 11.9 Å². The largest absolute Gasteiger partial charge is 0.497 e. The fourth-order valence-corrected chi connectivity index (χ4v) is 2.57. The maximum Gasteiger partial charge on any atom is 0.237 e. The summed E-state index contributed by atoms with van der Waals surface area (Å²) in [5, 5.41) is 3.36. The Balaban J connectivity index is 2.11. The number of hydrogen-bond acceptors (Lipinski definition) is 3. The van der Waals surface area contributed by atoms with E-state index in [1.807, 2.05) is 19.9 Å². The van der Waals surface area contributed by atoms with Crippen LogP contribution in [0.1, 0.15) is 31.4 Å². The van der Waals surface area contributed by atoms with Crippen LogP contribution in [0.25, 0.3) is 0 Å². The molecule has 0 fully saturated rings. The molecule has 3 N–H and O–H groups in total. The molecule has 1 atom stereocenters. The Hall–Kier alpha value is -1.55. The molecule has 0 bridgehead atoms. The van der Waals surface area contributed by atoms with Gasteiger partial charge in [-0.05, 0) is 56.4 Å². The van der Waals surface area contributed by atoms with Gasteiger partial charge in [-0.15, -0.1) is 0 Å². The molecule has 1 amide bonds. The van der Waals surface area contributed by atoms with Crippen LogP contribution in [0.15, 0.2) is 18.2 Å². The lowest BCUT2D eigenvalue weighted by molar-refractivity contribution is -0.123. The number of methoxy groups -OCH3 is 1. The van der Waals surface area contributed by atoms with Gasteiger partial charge in [0.15, 0.2) is 0 Å². The van der Waals surface area contributed by atoms with E-state index < -0.39 is 5.54 Å². The Bertz CT molecular complexity index is 483. The normalized spacial score (nSPS) is 18.8. The van der Waals surface area contributed by atoms with Crippen molar-refractivity contribution in [3.63, 3.8) is 0 Å². The van der Waals surface area contributed by atoms with Gasteiger partial charge in [-0.1, -0.05) is 6.07 Å². The van der Waals surface area contributed by atoms with E-state index in [9.17, 15) is 4.79 Å². The summed E-state index contributed by atoms with van der Waals surface area (Å²) < 4.78 is 5.26. The van der Waals surface area contributed by atoms with E-state index in [2.05, 4.69) is 17.4 Å². The standard InChI is InChI=1S/C15H22N2O2/c1-15(2,14(16)18)17-12-6-4-10-5-7-13(19-3)9-11(10)8-12/h5,7,9,12,17H,4,6,8H2,1-3H3,(H2,16,18). The third-order valence-corrected chi connectivity index (χ3v) is 3.82. The molecule has 19 heavy (non-hydrogen) atoms. The lowest BCUT2D eigenvalue weighted by Crippen LogP contribution is -2.55. The molecule has 1 aliphatic rings. The van der Waals surface area contributed by atoms with Crippen LogP contribution in [-0.4, -0.2) is 24.6 Å². The van der Waals surface area contributed by atoms with Gasteiger partial charge in [0.25, 0.3) is 0 Å². The molecule has 0 aromatic heterocycles. The summed E-state index contributed by atoms with van der Waals surface area (Å²) >= 11 is 0. The van der Waals surface area contributed by atoms with Crippen LogP contribution in [0.4, 0.5) is 0 Å². The average molecular weight is 262 g/mol. The minimum atomic E-state index is -0.666. The first kappa shape index (κ1) is 13.9. The topological polar surface area (TPSA) is 64.3 Å². The Morgan fingerprint density at radius 1 is 1.42 bits per heavy atom. The lowest BCUT2D eigenvalue weighted by atomic mass is 9.86.